The van der Waals surface area contributed by atoms with E-state index in [1.165, 1.54) is 101 Å². The fraction of sp³-hybridized carbons (Fsp3) is 0.474. The van der Waals surface area contributed by atoms with Crippen LogP contribution in [-0.2, 0) is 12.8 Å². The average Bonchev–Trinajstić information content (AvgIpc) is 3.01. The van der Waals surface area contributed by atoms with Crippen molar-refractivity contribution in [2.75, 3.05) is 0 Å². The molecule has 3 aromatic carbocycles. The molecule has 4 nitrogen and oxygen atoms in total. The number of aryl methyl sites for hydroxylation is 2. The molecule has 0 aliphatic carbocycles. The monoisotopic (exact) mass is 570 g/mol. The van der Waals surface area contributed by atoms with E-state index in [2.05, 4.69) is 26.0 Å². The second kappa shape index (κ2) is 18.9. The maximum absolute atomic E-state index is 13.3. The van der Waals surface area contributed by atoms with Crippen LogP contribution in [0.1, 0.15) is 136 Å². The molecule has 0 aliphatic rings. The van der Waals surface area contributed by atoms with Gasteiger partial charge in [0.1, 0.15) is 5.75 Å². The quantitative estimate of drug-likeness (QED) is 0.0833. The summed E-state index contributed by atoms with van der Waals surface area (Å²) in [6.07, 6.45) is 19.9. The van der Waals surface area contributed by atoms with E-state index in [1.807, 2.05) is 36.4 Å². The van der Waals surface area contributed by atoms with Crippen LogP contribution >= 0.6 is 0 Å². The number of unbranched alkanes of at least 4 members (excludes halogenated alkanes) is 12. The smallest absolute Gasteiger partial charge is 0.344 e. The Labute approximate surface area is 253 Å². The molecular formula is C38H50O4. The number of ether oxygens (including phenoxy) is 1. The summed E-state index contributed by atoms with van der Waals surface area (Å²) in [5.74, 6) is -1.03. The van der Waals surface area contributed by atoms with Gasteiger partial charge in [0.05, 0.1) is 11.1 Å². The second-order valence-electron chi connectivity index (χ2n) is 11.5. The van der Waals surface area contributed by atoms with Crippen LogP contribution in [0.3, 0.4) is 0 Å². The molecule has 0 fully saturated rings. The Hall–Kier alpha value is -3.40. The predicted octanol–water partition coefficient (Wildman–Crippen LogP) is 10.9. The molecule has 0 heterocycles. The Balaban J connectivity index is 1.59. The van der Waals surface area contributed by atoms with Gasteiger partial charge in [-0.05, 0) is 78.3 Å². The number of carbonyl (C=O) groups excluding carboxylic acids is 1. The summed E-state index contributed by atoms with van der Waals surface area (Å²) < 4.78 is 5.74. The summed E-state index contributed by atoms with van der Waals surface area (Å²) >= 11 is 0. The van der Waals surface area contributed by atoms with Crippen LogP contribution in [0.5, 0.6) is 5.75 Å². The van der Waals surface area contributed by atoms with Crippen LogP contribution in [0.4, 0.5) is 0 Å². The van der Waals surface area contributed by atoms with Gasteiger partial charge < -0.3 is 9.84 Å². The minimum atomic E-state index is -1.02. The van der Waals surface area contributed by atoms with Gasteiger partial charge in [0.15, 0.2) is 0 Å². The number of carbonyl (C=O) groups is 2. The number of hydrogen-bond acceptors (Lipinski definition) is 3. The van der Waals surface area contributed by atoms with Gasteiger partial charge in [-0.25, -0.2) is 9.59 Å². The molecule has 42 heavy (non-hydrogen) atoms. The van der Waals surface area contributed by atoms with Crippen molar-refractivity contribution >= 4 is 11.9 Å². The molecule has 0 aliphatic heterocycles. The Morgan fingerprint density at radius 1 is 0.595 bits per heavy atom. The summed E-state index contributed by atoms with van der Waals surface area (Å²) in [6.45, 7) is 4.48. The van der Waals surface area contributed by atoms with Gasteiger partial charge in [0, 0.05) is 0 Å². The SMILES string of the molecule is CCCCCCCCCc1ccc(OC(=O)c2ccc(C(=O)O)cc2-c2ccc(CCCCCCCCC)cc2)cc1. The minimum Gasteiger partial charge on any atom is -0.478 e. The zero-order valence-electron chi connectivity index (χ0n) is 25.8. The van der Waals surface area contributed by atoms with Crippen molar-refractivity contribution in [2.45, 2.75) is 117 Å². The van der Waals surface area contributed by atoms with Crippen molar-refractivity contribution in [2.24, 2.45) is 0 Å². The first-order valence-electron chi connectivity index (χ1n) is 16.3. The first-order chi connectivity index (χ1) is 20.5. The number of esters is 1. The molecule has 0 bridgehead atoms. The number of aromatic carboxylic acids is 1. The van der Waals surface area contributed by atoms with Crippen LogP contribution in [0.2, 0.25) is 0 Å². The standard InChI is InChI=1S/C38H50O4/c1-3-5-7-9-11-13-15-17-30-19-23-32(24-20-30)36-29-33(37(39)40)25-28-35(36)38(41)42-34-26-21-31(22-27-34)18-16-14-12-10-8-6-4-2/h19-29H,3-18H2,1-2H3,(H,39,40). The molecule has 0 unspecified atom stereocenters. The summed E-state index contributed by atoms with van der Waals surface area (Å²) in [5, 5.41) is 9.59. The molecular weight excluding hydrogens is 520 g/mol. The third-order valence-corrected chi connectivity index (χ3v) is 8.02. The highest BCUT2D eigenvalue weighted by atomic mass is 16.5. The van der Waals surface area contributed by atoms with Crippen LogP contribution < -0.4 is 4.74 Å². The number of rotatable bonds is 20. The second-order valence-corrected chi connectivity index (χ2v) is 11.5. The highest BCUT2D eigenvalue weighted by Gasteiger charge is 2.18. The lowest BCUT2D eigenvalue weighted by Gasteiger charge is -2.12. The van der Waals surface area contributed by atoms with E-state index in [1.54, 1.807) is 12.1 Å². The van der Waals surface area contributed by atoms with E-state index in [-0.39, 0.29) is 5.56 Å². The van der Waals surface area contributed by atoms with E-state index < -0.39 is 11.9 Å². The van der Waals surface area contributed by atoms with Gasteiger partial charge in [0.25, 0.3) is 0 Å². The Morgan fingerprint density at radius 3 is 1.57 bits per heavy atom. The number of benzene rings is 3. The molecule has 3 rings (SSSR count). The van der Waals surface area contributed by atoms with Crippen molar-refractivity contribution in [3.63, 3.8) is 0 Å². The van der Waals surface area contributed by atoms with Crippen LogP contribution in [-0.4, -0.2) is 17.0 Å². The first kappa shape index (κ1) is 33.1. The number of hydrogen-bond donors (Lipinski definition) is 1. The molecule has 3 aromatic rings. The zero-order valence-corrected chi connectivity index (χ0v) is 25.8. The maximum atomic E-state index is 13.3. The van der Waals surface area contributed by atoms with Crippen molar-refractivity contribution in [1.29, 1.82) is 0 Å². The maximum Gasteiger partial charge on any atom is 0.344 e. The lowest BCUT2D eigenvalue weighted by atomic mass is 9.95. The number of carboxylic acid groups (broad SMARTS) is 1. The predicted molar refractivity (Wildman–Crippen MR) is 174 cm³/mol. The van der Waals surface area contributed by atoms with E-state index in [0.29, 0.717) is 16.9 Å². The Kier molecular flexibility index (Phi) is 14.9. The van der Waals surface area contributed by atoms with Crippen molar-refractivity contribution in [1.82, 2.24) is 0 Å². The normalized spacial score (nSPS) is 11.0. The third-order valence-electron chi connectivity index (χ3n) is 8.02. The van der Waals surface area contributed by atoms with E-state index >= 15 is 0 Å². The molecule has 0 aromatic heterocycles. The van der Waals surface area contributed by atoms with Crippen LogP contribution in [0.25, 0.3) is 11.1 Å². The summed E-state index contributed by atoms with van der Waals surface area (Å²) in [4.78, 5) is 25.0. The molecule has 4 heteroatoms. The molecule has 226 valence electrons. The molecule has 0 radical (unpaired) electrons. The van der Waals surface area contributed by atoms with Gasteiger partial charge in [-0.15, -0.1) is 0 Å². The van der Waals surface area contributed by atoms with E-state index in [9.17, 15) is 14.7 Å². The van der Waals surface area contributed by atoms with Crippen molar-refractivity contribution < 1.29 is 19.4 Å². The average molecular weight is 571 g/mol. The fourth-order valence-electron chi connectivity index (χ4n) is 5.40. The van der Waals surface area contributed by atoms with Crippen LogP contribution in [0.15, 0.2) is 66.7 Å². The van der Waals surface area contributed by atoms with Gasteiger partial charge in [-0.1, -0.05) is 127 Å². The Morgan fingerprint density at radius 2 is 1.07 bits per heavy atom. The summed E-state index contributed by atoms with van der Waals surface area (Å²) in [6, 6.07) is 20.4. The molecule has 0 saturated heterocycles. The largest absolute Gasteiger partial charge is 0.478 e. The molecule has 0 amide bonds. The van der Waals surface area contributed by atoms with E-state index in [4.69, 9.17) is 4.74 Å². The lowest BCUT2D eigenvalue weighted by Crippen LogP contribution is -2.11. The highest BCUT2D eigenvalue weighted by molar-refractivity contribution is 6.00. The fourth-order valence-corrected chi connectivity index (χ4v) is 5.40. The van der Waals surface area contributed by atoms with Gasteiger partial charge in [0.2, 0.25) is 0 Å². The van der Waals surface area contributed by atoms with Crippen molar-refractivity contribution in [3.05, 3.63) is 89.0 Å². The zero-order chi connectivity index (χ0) is 30.0. The lowest BCUT2D eigenvalue weighted by molar-refractivity contribution is 0.0692. The van der Waals surface area contributed by atoms with Gasteiger partial charge in [-0.2, -0.15) is 0 Å². The van der Waals surface area contributed by atoms with Gasteiger partial charge >= 0.3 is 11.9 Å². The molecule has 0 spiro atoms. The first-order valence-corrected chi connectivity index (χ1v) is 16.3. The highest BCUT2D eigenvalue weighted by Crippen LogP contribution is 2.28. The summed E-state index contributed by atoms with van der Waals surface area (Å²) in [7, 11) is 0. The molecule has 0 saturated carbocycles. The van der Waals surface area contributed by atoms with E-state index in [0.717, 1.165) is 24.8 Å². The van der Waals surface area contributed by atoms with Gasteiger partial charge in [-0.3, -0.25) is 0 Å². The van der Waals surface area contributed by atoms with Crippen LogP contribution in [0, 0.1) is 0 Å². The topological polar surface area (TPSA) is 63.6 Å². The van der Waals surface area contributed by atoms with Crippen molar-refractivity contribution in [3.8, 4) is 16.9 Å². The molecule has 1 N–H and O–H groups in total. The summed E-state index contributed by atoms with van der Waals surface area (Å²) in [5.41, 5.74) is 4.36. The Bertz CT molecular complexity index is 1210. The number of carboxylic acids is 1. The third kappa shape index (κ3) is 11.5. The molecule has 0 atom stereocenters. The minimum absolute atomic E-state index is 0.142.